The van der Waals surface area contributed by atoms with E-state index in [0.29, 0.717) is 0 Å². The van der Waals surface area contributed by atoms with Crippen molar-refractivity contribution < 1.29 is 0 Å². The predicted octanol–water partition coefficient (Wildman–Crippen LogP) is 3.08. The van der Waals surface area contributed by atoms with E-state index in [4.69, 9.17) is 0 Å². The maximum absolute atomic E-state index is 4.56. The summed E-state index contributed by atoms with van der Waals surface area (Å²) in [5, 5.41) is 4.34. The first-order valence-electron chi connectivity index (χ1n) is 6.69. The Bertz CT molecular complexity index is 534. The second-order valence-electron chi connectivity index (χ2n) is 6.11. The van der Waals surface area contributed by atoms with E-state index in [1.54, 1.807) is 6.33 Å². The van der Waals surface area contributed by atoms with Crippen molar-refractivity contribution in [1.82, 2.24) is 19.7 Å². The molecule has 0 amide bonds. The minimum atomic E-state index is 0.153. The first kappa shape index (κ1) is 13.7. The summed E-state index contributed by atoms with van der Waals surface area (Å²) < 4.78 is 1.90. The maximum atomic E-state index is 4.56. The molecule has 1 atom stereocenters. The minimum absolute atomic E-state index is 0.153. The largest absolute Gasteiger partial charge is 0.261 e. The van der Waals surface area contributed by atoms with Gasteiger partial charge in [-0.25, -0.2) is 9.67 Å². The molecule has 0 spiro atoms. The van der Waals surface area contributed by atoms with Gasteiger partial charge in [-0.2, -0.15) is 5.10 Å². The van der Waals surface area contributed by atoms with Gasteiger partial charge < -0.3 is 0 Å². The zero-order valence-electron chi connectivity index (χ0n) is 12.4. The molecule has 4 nitrogen and oxygen atoms in total. The highest BCUT2D eigenvalue weighted by Crippen LogP contribution is 2.21. The molecule has 0 N–H and O–H groups in total. The van der Waals surface area contributed by atoms with E-state index in [0.717, 1.165) is 17.9 Å². The van der Waals surface area contributed by atoms with E-state index in [1.807, 2.05) is 17.8 Å². The molecule has 0 aromatic carbocycles. The zero-order chi connectivity index (χ0) is 14.0. The Balaban J connectivity index is 2.07. The Labute approximate surface area is 114 Å². The number of hydrogen-bond donors (Lipinski definition) is 0. The van der Waals surface area contributed by atoms with Gasteiger partial charge in [0, 0.05) is 18.3 Å². The lowest BCUT2D eigenvalue weighted by molar-refractivity contribution is 0.480. The maximum Gasteiger partial charge on any atom is 0.147 e. The van der Waals surface area contributed by atoms with E-state index < -0.39 is 0 Å². The lowest BCUT2D eigenvalue weighted by atomic mass is 9.88. The fraction of sp³-hybridized carbons (Fsp3) is 0.533. The number of hydrogen-bond acceptors (Lipinski definition) is 3. The standard InChI is InChI=1S/C15H22N4/c1-11(19-10-17-12(2)18-19)8-14-7-6-13(9-16-14)15(3,4)5/h6-7,9-11H,8H2,1-5H3/t11-/m0/s1. The Morgan fingerprint density at radius 3 is 2.42 bits per heavy atom. The van der Waals surface area contributed by atoms with E-state index in [1.165, 1.54) is 5.56 Å². The number of aromatic nitrogens is 4. The zero-order valence-corrected chi connectivity index (χ0v) is 12.4. The van der Waals surface area contributed by atoms with Gasteiger partial charge in [0.2, 0.25) is 0 Å². The summed E-state index contributed by atoms with van der Waals surface area (Å²) in [5.74, 6) is 0.808. The monoisotopic (exact) mass is 258 g/mol. The van der Waals surface area contributed by atoms with Gasteiger partial charge in [-0.05, 0) is 30.9 Å². The van der Waals surface area contributed by atoms with Crippen molar-refractivity contribution in [2.24, 2.45) is 0 Å². The highest BCUT2D eigenvalue weighted by atomic mass is 15.3. The molecule has 2 aromatic heterocycles. The fourth-order valence-corrected chi connectivity index (χ4v) is 1.96. The van der Waals surface area contributed by atoms with Crippen LogP contribution in [0.3, 0.4) is 0 Å². The highest BCUT2D eigenvalue weighted by molar-refractivity contribution is 5.21. The van der Waals surface area contributed by atoms with Gasteiger partial charge in [0.25, 0.3) is 0 Å². The molecule has 4 heteroatoms. The Morgan fingerprint density at radius 1 is 1.21 bits per heavy atom. The number of rotatable bonds is 3. The summed E-state index contributed by atoms with van der Waals surface area (Å²) in [5.41, 5.74) is 2.51. The van der Waals surface area contributed by atoms with Gasteiger partial charge in [0.05, 0.1) is 6.04 Å². The van der Waals surface area contributed by atoms with Crippen molar-refractivity contribution in [3.8, 4) is 0 Å². The van der Waals surface area contributed by atoms with Crippen LogP contribution in [-0.4, -0.2) is 19.7 Å². The molecule has 0 unspecified atom stereocenters. The molecule has 0 fully saturated rings. The van der Waals surface area contributed by atoms with Gasteiger partial charge >= 0.3 is 0 Å². The van der Waals surface area contributed by atoms with Crippen LogP contribution in [0.5, 0.6) is 0 Å². The molecule has 2 heterocycles. The number of pyridine rings is 1. The van der Waals surface area contributed by atoms with Gasteiger partial charge in [-0.15, -0.1) is 0 Å². The summed E-state index contributed by atoms with van der Waals surface area (Å²) in [7, 11) is 0. The topological polar surface area (TPSA) is 43.6 Å². The molecule has 19 heavy (non-hydrogen) atoms. The van der Waals surface area contributed by atoms with Crippen LogP contribution in [0.15, 0.2) is 24.7 Å². The quantitative estimate of drug-likeness (QED) is 0.849. The molecule has 0 radical (unpaired) electrons. The van der Waals surface area contributed by atoms with Crippen molar-refractivity contribution >= 4 is 0 Å². The van der Waals surface area contributed by atoms with Gasteiger partial charge in [0.15, 0.2) is 0 Å². The van der Waals surface area contributed by atoms with Gasteiger partial charge in [-0.3, -0.25) is 4.98 Å². The molecule has 0 aliphatic rings. The third-order valence-electron chi connectivity index (χ3n) is 3.27. The van der Waals surface area contributed by atoms with Crippen molar-refractivity contribution in [2.75, 3.05) is 0 Å². The smallest absolute Gasteiger partial charge is 0.147 e. The van der Waals surface area contributed by atoms with Crippen LogP contribution in [0, 0.1) is 6.92 Å². The summed E-state index contributed by atoms with van der Waals surface area (Å²) in [6.07, 6.45) is 4.63. The van der Waals surface area contributed by atoms with Crippen molar-refractivity contribution in [3.63, 3.8) is 0 Å². The predicted molar refractivity (Wildman–Crippen MR) is 76.1 cm³/mol. The van der Waals surface area contributed by atoms with Crippen LogP contribution in [0.1, 0.15) is 50.8 Å². The van der Waals surface area contributed by atoms with Gasteiger partial charge in [-0.1, -0.05) is 26.8 Å². The summed E-state index contributed by atoms with van der Waals surface area (Å²) in [4.78, 5) is 8.71. The molecule has 0 aliphatic heterocycles. The first-order chi connectivity index (χ1) is 8.86. The number of nitrogens with zero attached hydrogens (tertiary/aromatic N) is 4. The third-order valence-corrected chi connectivity index (χ3v) is 3.27. The molecule has 0 saturated heterocycles. The second-order valence-corrected chi connectivity index (χ2v) is 6.11. The SMILES string of the molecule is Cc1ncn([C@@H](C)Cc2ccc(C(C)(C)C)cn2)n1. The minimum Gasteiger partial charge on any atom is -0.261 e. The van der Waals surface area contributed by atoms with E-state index in [-0.39, 0.29) is 11.5 Å². The van der Waals surface area contributed by atoms with E-state index >= 15 is 0 Å². The molecule has 0 aliphatic carbocycles. The first-order valence-corrected chi connectivity index (χ1v) is 6.69. The van der Waals surface area contributed by atoms with Crippen LogP contribution in [-0.2, 0) is 11.8 Å². The van der Waals surface area contributed by atoms with Crippen LogP contribution in [0.2, 0.25) is 0 Å². The summed E-state index contributed by atoms with van der Waals surface area (Å²) >= 11 is 0. The third kappa shape index (κ3) is 3.40. The molecular formula is C15H22N4. The van der Waals surface area contributed by atoms with Crippen LogP contribution < -0.4 is 0 Å². The molecular weight excluding hydrogens is 236 g/mol. The Hall–Kier alpha value is -1.71. The molecule has 0 saturated carbocycles. The summed E-state index contributed by atoms with van der Waals surface area (Å²) in [6, 6.07) is 4.55. The average molecular weight is 258 g/mol. The number of aryl methyl sites for hydroxylation is 1. The molecule has 102 valence electrons. The lowest BCUT2D eigenvalue weighted by Crippen LogP contribution is -2.13. The van der Waals surface area contributed by atoms with Crippen LogP contribution in [0.4, 0.5) is 0 Å². The van der Waals surface area contributed by atoms with Crippen LogP contribution >= 0.6 is 0 Å². The lowest BCUT2D eigenvalue weighted by Gasteiger charge is -2.19. The normalized spacial score (nSPS) is 13.5. The molecule has 0 bridgehead atoms. The van der Waals surface area contributed by atoms with E-state index in [9.17, 15) is 0 Å². The van der Waals surface area contributed by atoms with Crippen LogP contribution in [0.25, 0.3) is 0 Å². The van der Waals surface area contributed by atoms with Gasteiger partial charge in [0.1, 0.15) is 12.2 Å². The van der Waals surface area contributed by atoms with Crippen molar-refractivity contribution in [3.05, 3.63) is 41.7 Å². The average Bonchev–Trinajstić information content (AvgIpc) is 2.75. The molecule has 2 rings (SSSR count). The van der Waals surface area contributed by atoms with Crippen molar-refractivity contribution in [1.29, 1.82) is 0 Å². The van der Waals surface area contributed by atoms with E-state index in [2.05, 4.69) is 54.9 Å². The second kappa shape index (κ2) is 5.11. The molecule has 2 aromatic rings. The fourth-order valence-electron chi connectivity index (χ4n) is 1.96. The Kier molecular flexibility index (Phi) is 3.69. The van der Waals surface area contributed by atoms with Crippen molar-refractivity contribution in [2.45, 2.75) is 52.5 Å². The summed E-state index contributed by atoms with van der Waals surface area (Å²) in [6.45, 7) is 10.6. The Morgan fingerprint density at radius 2 is 1.95 bits per heavy atom. The highest BCUT2D eigenvalue weighted by Gasteiger charge is 2.14.